The smallest absolute Gasteiger partial charge is 0.261 e. The van der Waals surface area contributed by atoms with Crippen molar-refractivity contribution in [3.8, 4) is 27.6 Å². The predicted molar refractivity (Wildman–Crippen MR) is 174 cm³/mol. The average molecular weight is 650 g/mol. The molecule has 5 heterocycles. The highest BCUT2D eigenvalue weighted by atomic mass is 32.1. The fourth-order valence-electron chi connectivity index (χ4n) is 7.30. The number of nitrogens with one attached hydrogen (secondary N) is 1. The van der Waals surface area contributed by atoms with Gasteiger partial charge >= 0.3 is 0 Å². The van der Waals surface area contributed by atoms with Crippen LogP contribution in [0.25, 0.3) is 21.9 Å². The number of aryl methyl sites for hydroxylation is 3. The van der Waals surface area contributed by atoms with Gasteiger partial charge in [-0.1, -0.05) is 24.3 Å². The summed E-state index contributed by atoms with van der Waals surface area (Å²) in [5, 5.41) is 11.7. The number of nitrogens with zero attached hydrogens (tertiary/aromatic N) is 4. The van der Waals surface area contributed by atoms with E-state index in [-0.39, 0.29) is 35.6 Å². The Bertz CT molecular complexity index is 2040. The molecule has 238 valence electrons. The average Bonchev–Trinajstić information content (AvgIpc) is 3.92. The van der Waals surface area contributed by atoms with E-state index < -0.39 is 0 Å². The van der Waals surface area contributed by atoms with Crippen LogP contribution in [0.4, 0.5) is 4.39 Å². The van der Waals surface area contributed by atoms with E-state index in [9.17, 15) is 14.0 Å². The summed E-state index contributed by atoms with van der Waals surface area (Å²) in [6.07, 6.45) is 4.49. The normalized spacial score (nSPS) is 17.9. The minimum absolute atomic E-state index is 0.0662. The van der Waals surface area contributed by atoms with Crippen molar-refractivity contribution in [3.05, 3.63) is 105 Å². The molecule has 2 aromatic carbocycles. The predicted octanol–water partition coefficient (Wildman–Crippen LogP) is 6.81. The van der Waals surface area contributed by atoms with Gasteiger partial charge in [0.25, 0.3) is 11.8 Å². The van der Waals surface area contributed by atoms with Crippen LogP contribution >= 0.6 is 11.3 Å². The first-order chi connectivity index (χ1) is 22.9. The first kappa shape index (κ1) is 29.5. The summed E-state index contributed by atoms with van der Waals surface area (Å²) in [6, 6.07) is 15.9. The van der Waals surface area contributed by atoms with Gasteiger partial charge in [0.05, 0.1) is 46.6 Å². The molecule has 2 atom stereocenters. The lowest BCUT2D eigenvalue weighted by atomic mass is 9.93. The molecule has 0 radical (unpaired) electrons. The van der Waals surface area contributed by atoms with E-state index in [1.807, 2.05) is 35.2 Å². The first-order valence-electron chi connectivity index (χ1n) is 15.9. The zero-order valence-electron chi connectivity index (χ0n) is 26.0. The standard InChI is InChI=1S/C36H32FN5O4S/c1-19-40-41-35(46-19)30-25(14-10-20-8-11-21(37)12-9-20)38-33-26-6-4-18-42(26)36(44)32(33)31(30)28-16-17-29(47-28)34(43)39-24-15-13-23-22(24)5-3-7-27(23)45-2/h3,5,7-9,11-12,16-17,24,26H,4,6,10,13-15,18H2,1-2H3,(H,39,43). The van der Waals surface area contributed by atoms with Gasteiger partial charge in [0.1, 0.15) is 11.6 Å². The Kier molecular flexibility index (Phi) is 7.35. The molecule has 5 aromatic rings. The molecule has 11 heteroatoms. The van der Waals surface area contributed by atoms with E-state index in [0.717, 1.165) is 64.4 Å². The second-order valence-electron chi connectivity index (χ2n) is 12.2. The number of fused-ring (bicyclic) bond motifs is 4. The van der Waals surface area contributed by atoms with E-state index in [4.69, 9.17) is 14.1 Å². The van der Waals surface area contributed by atoms with E-state index >= 15 is 0 Å². The Hall–Kier alpha value is -4.90. The number of thiophene rings is 1. The van der Waals surface area contributed by atoms with Crippen molar-refractivity contribution in [3.63, 3.8) is 0 Å². The van der Waals surface area contributed by atoms with Crippen molar-refractivity contribution in [1.82, 2.24) is 25.4 Å². The number of benzene rings is 2. The van der Waals surface area contributed by atoms with Gasteiger partial charge < -0.3 is 19.4 Å². The van der Waals surface area contributed by atoms with Gasteiger partial charge in [0.2, 0.25) is 11.8 Å². The van der Waals surface area contributed by atoms with Crippen LogP contribution in [-0.2, 0) is 19.3 Å². The molecule has 0 bridgehead atoms. The quantitative estimate of drug-likeness (QED) is 0.197. The van der Waals surface area contributed by atoms with Crippen LogP contribution in [0.1, 0.15) is 85.3 Å². The highest BCUT2D eigenvalue weighted by molar-refractivity contribution is 7.17. The van der Waals surface area contributed by atoms with Crippen LogP contribution < -0.4 is 10.1 Å². The summed E-state index contributed by atoms with van der Waals surface area (Å²) in [7, 11) is 1.66. The molecule has 47 heavy (non-hydrogen) atoms. The van der Waals surface area contributed by atoms with Crippen LogP contribution in [0.2, 0.25) is 0 Å². The van der Waals surface area contributed by atoms with Gasteiger partial charge in [0, 0.05) is 23.9 Å². The molecule has 3 aromatic heterocycles. The third-order valence-electron chi connectivity index (χ3n) is 9.48. The molecule has 2 aliphatic heterocycles. The minimum Gasteiger partial charge on any atom is -0.496 e. The summed E-state index contributed by atoms with van der Waals surface area (Å²) < 4.78 is 25.2. The van der Waals surface area contributed by atoms with Gasteiger partial charge in [-0.15, -0.1) is 21.5 Å². The lowest BCUT2D eigenvalue weighted by Crippen LogP contribution is -2.26. The fraction of sp³-hybridized carbons (Fsp3) is 0.306. The third-order valence-corrected chi connectivity index (χ3v) is 10.6. The van der Waals surface area contributed by atoms with Crippen molar-refractivity contribution in [2.75, 3.05) is 13.7 Å². The van der Waals surface area contributed by atoms with E-state index in [0.29, 0.717) is 46.8 Å². The molecule has 1 N–H and O–H groups in total. The summed E-state index contributed by atoms with van der Waals surface area (Å²) in [5.41, 5.74) is 6.47. The van der Waals surface area contributed by atoms with Crippen LogP contribution in [0, 0.1) is 12.7 Å². The third kappa shape index (κ3) is 5.09. The summed E-state index contributed by atoms with van der Waals surface area (Å²) in [5.74, 6) is 0.978. The molecular weight excluding hydrogens is 617 g/mol. The van der Waals surface area contributed by atoms with Crippen LogP contribution in [0.15, 0.2) is 59.0 Å². The summed E-state index contributed by atoms with van der Waals surface area (Å²) in [4.78, 5) is 36.1. The van der Waals surface area contributed by atoms with Crippen molar-refractivity contribution < 1.29 is 23.1 Å². The molecule has 1 aliphatic carbocycles. The summed E-state index contributed by atoms with van der Waals surface area (Å²) in [6.45, 7) is 2.39. The van der Waals surface area contributed by atoms with Gasteiger partial charge in [0.15, 0.2) is 0 Å². The number of methoxy groups -OCH3 is 1. The number of amides is 2. The molecule has 9 nitrogen and oxygen atoms in total. The molecule has 2 amide bonds. The maximum absolute atomic E-state index is 14.0. The number of hydrogen-bond donors (Lipinski definition) is 1. The van der Waals surface area contributed by atoms with Gasteiger partial charge in [-0.25, -0.2) is 4.39 Å². The SMILES string of the molecule is COc1cccc2c1CCC2NC(=O)c1ccc(-c2c3c(nc(CCc4ccc(F)cc4)c2-c2nnc(C)o2)C2CCCN2C3=O)s1. The van der Waals surface area contributed by atoms with Crippen molar-refractivity contribution in [2.24, 2.45) is 0 Å². The number of rotatable bonds is 8. The molecule has 2 unspecified atom stereocenters. The van der Waals surface area contributed by atoms with Crippen LogP contribution in [0.3, 0.4) is 0 Å². The van der Waals surface area contributed by atoms with Crippen molar-refractivity contribution >= 4 is 23.2 Å². The molecule has 0 saturated carbocycles. The lowest BCUT2D eigenvalue weighted by Gasteiger charge is -2.16. The minimum atomic E-state index is -0.289. The largest absolute Gasteiger partial charge is 0.496 e. The van der Waals surface area contributed by atoms with E-state index in [1.165, 1.54) is 23.5 Å². The number of aromatic nitrogens is 3. The highest BCUT2D eigenvalue weighted by Gasteiger charge is 2.45. The van der Waals surface area contributed by atoms with Gasteiger partial charge in [-0.05, 0) is 85.5 Å². The highest BCUT2D eigenvalue weighted by Crippen LogP contribution is 2.49. The molecule has 8 rings (SSSR count). The molecule has 3 aliphatic rings. The number of ether oxygens (including phenoxy) is 1. The van der Waals surface area contributed by atoms with Crippen molar-refractivity contribution in [1.29, 1.82) is 0 Å². The molecular formula is C36H32FN5O4S. The molecule has 0 spiro atoms. The number of pyridine rings is 1. The Morgan fingerprint density at radius 2 is 1.91 bits per heavy atom. The van der Waals surface area contributed by atoms with Gasteiger partial charge in [-0.3, -0.25) is 14.6 Å². The second-order valence-corrected chi connectivity index (χ2v) is 13.3. The zero-order valence-corrected chi connectivity index (χ0v) is 26.8. The number of carbonyl (C=O) groups is 2. The Morgan fingerprint density at radius 1 is 1.06 bits per heavy atom. The van der Waals surface area contributed by atoms with Crippen LogP contribution in [0.5, 0.6) is 5.75 Å². The Balaban J connectivity index is 1.21. The number of hydrogen-bond acceptors (Lipinski definition) is 8. The van der Waals surface area contributed by atoms with Crippen molar-refractivity contribution in [2.45, 2.75) is 57.5 Å². The summed E-state index contributed by atoms with van der Waals surface area (Å²) >= 11 is 1.34. The monoisotopic (exact) mass is 649 g/mol. The maximum Gasteiger partial charge on any atom is 0.261 e. The topological polar surface area (TPSA) is 110 Å². The van der Waals surface area contributed by atoms with Crippen LogP contribution in [-0.4, -0.2) is 45.6 Å². The number of carbonyl (C=O) groups excluding carboxylic acids is 2. The number of halogens is 1. The first-order valence-corrected chi connectivity index (χ1v) is 16.7. The second kappa shape index (κ2) is 11.7. The van der Waals surface area contributed by atoms with E-state index in [2.05, 4.69) is 15.5 Å². The zero-order chi connectivity index (χ0) is 32.2. The Morgan fingerprint density at radius 3 is 2.70 bits per heavy atom. The molecule has 1 fully saturated rings. The van der Waals surface area contributed by atoms with E-state index in [1.54, 1.807) is 26.2 Å². The lowest BCUT2D eigenvalue weighted by molar-refractivity contribution is 0.0776. The molecule has 1 saturated heterocycles. The maximum atomic E-state index is 14.0. The Labute approximate surface area is 274 Å². The van der Waals surface area contributed by atoms with Gasteiger partial charge in [-0.2, -0.15) is 0 Å². The fourth-order valence-corrected chi connectivity index (χ4v) is 8.27.